The zero-order valence-corrected chi connectivity index (χ0v) is 53.2. The van der Waals surface area contributed by atoms with E-state index in [1.54, 1.807) is 0 Å². The molecule has 0 aromatic carbocycles. The standard InChI is InChI=1S/C71H124O12/c1-4-7-10-13-16-19-22-25-28-31-32-35-36-39-42-45-48-51-54-57-63(72)79-60-62(81-64(73)58-55-52-49-46-43-40-37-33-29-26-23-20-17-14-11-8-5-2)61-80-71-69(67(76)66(75)68(83-71)70(77)78)82-65(74)59-56-53-50-47-44-41-38-34-30-27-24-21-18-15-12-9-6-3/h8,11,17,20,25-26,28-29,37,40,62,66-69,71,75-76H,4-7,9-10,12-16,18-19,21-24,27,30-36,38-39,41-61H2,1-3H3,(H,77,78)/b11-8-,20-17-,28-25-,29-26-,40-37-. The van der Waals surface area contributed by atoms with Crippen LogP contribution < -0.4 is 0 Å². The van der Waals surface area contributed by atoms with E-state index in [1.807, 2.05) is 0 Å². The van der Waals surface area contributed by atoms with Gasteiger partial charge >= 0.3 is 23.9 Å². The van der Waals surface area contributed by atoms with Crippen LogP contribution in [-0.4, -0.2) is 89.2 Å². The number of carboxylic acids is 1. The van der Waals surface area contributed by atoms with Crippen molar-refractivity contribution in [3.05, 3.63) is 60.8 Å². The summed E-state index contributed by atoms with van der Waals surface area (Å²) in [4.78, 5) is 51.4. The molecule has 3 N–H and O–H groups in total. The Bertz CT molecular complexity index is 1670. The molecule has 1 heterocycles. The van der Waals surface area contributed by atoms with Gasteiger partial charge in [-0.15, -0.1) is 0 Å². The van der Waals surface area contributed by atoms with Crippen LogP contribution in [0.5, 0.6) is 0 Å². The molecule has 0 aromatic rings. The minimum atomic E-state index is -1.91. The van der Waals surface area contributed by atoms with Gasteiger partial charge in [-0.25, -0.2) is 4.79 Å². The molecule has 12 nitrogen and oxygen atoms in total. The topological polar surface area (TPSA) is 175 Å². The summed E-state index contributed by atoms with van der Waals surface area (Å²) in [6, 6.07) is 0. The average Bonchev–Trinajstić information content (AvgIpc) is 3.59. The van der Waals surface area contributed by atoms with E-state index in [9.17, 15) is 34.5 Å². The van der Waals surface area contributed by atoms with E-state index in [0.29, 0.717) is 19.3 Å². The van der Waals surface area contributed by atoms with Crippen molar-refractivity contribution in [2.45, 2.75) is 353 Å². The first-order valence-corrected chi connectivity index (χ1v) is 34.3. The van der Waals surface area contributed by atoms with Crippen LogP contribution >= 0.6 is 0 Å². The van der Waals surface area contributed by atoms with Crippen LogP contribution in [0.4, 0.5) is 0 Å². The SMILES string of the molecule is CC/C=C\C/C=C\C/C=C\C/C=C\CCCCCCC(=O)OC(COC(=O)CCCCCCCCCCC/C=C\CCCCCCCC)COC1OC(C(=O)O)C(O)C(O)C1OC(=O)CCCCCCCCCCCCCCCCCCC. The summed E-state index contributed by atoms with van der Waals surface area (Å²) in [5.41, 5.74) is 0. The maximum atomic E-state index is 13.2. The molecule has 1 saturated heterocycles. The summed E-state index contributed by atoms with van der Waals surface area (Å²) in [5.74, 6) is -3.13. The molecular formula is C71H124O12. The summed E-state index contributed by atoms with van der Waals surface area (Å²) in [7, 11) is 0. The molecule has 0 saturated carbocycles. The van der Waals surface area contributed by atoms with Gasteiger partial charge in [0.05, 0.1) is 6.61 Å². The first kappa shape index (κ1) is 77.4. The minimum Gasteiger partial charge on any atom is -0.479 e. The Labute approximate surface area is 506 Å². The lowest BCUT2D eigenvalue weighted by Crippen LogP contribution is -2.61. The number of aliphatic hydroxyl groups is 2. The van der Waals surface area contributed by atoms with E-state index >= 15 is 0 Å². The van der Waals surface area contributed by atoms with E-state index in [4.69, 9.17) is 23.7 Å². The number of unbranched alkanes of at least 4 members (excludes halogenated alkanes) is 35. The predicted octanol–water partition coefficient (Wildman–Crippen LogP) is 18.7. The van der Waals surface area contributed by atoms with E-state index in [0.717, 1.165) is 96.3 Å². The highest BCUT2D eigenvalue weighted by Gasteiger charge is 2.50. The van der Waals surface area contributed by atoms with Crippen molar-refractivity contribution in [2.75, 3.05) is 13.2 Å². The number of carbonyl (C=O) groups excluding carboxylic acids is 3. The Morgan fingerprint density at radius 1 is 0.410 bits per heavy atom. The smallest absolute Gasteiger partial charge is 0.335 e. The third kappa shape index (κ3) is 48.3. The highest BCUT2D eigenvalue weighted by Crippen LogP contribution is 2.27. The molecule has 83 heavy (non-hydrogen) atoms. The fourth-order valence-electron chi connectivity index (χ4n) is 10.4. The van der Waals surface area contributed by atoms with Crippen LogP contribution in [0.3, 0.4) is 0 Å². The van der Waals surface area contributed by atoms with Crippen molar-refractivity contribution >= 4 is 23.9 Å². The van der Waals surface area contributed by atoms with Gasteiger partial charge < -0.3 is 39.0 Å². The zero-order chi connectivity index (χ0) is 60.3. The van der Waals surface area contributed by atoms with Crippen molar-refractivity contribution in [1.82, 2.24) is 0 Å². The summed E-state index contributed by atoms with van der Waals surface area (Å²) in [5, 5.41) is 31.6. The number of carbonyl (C=O) groups is 4. The van der Waals surface area contributed by atoms with E-state index in [1.165, 1.54) is 161 Å². The summed E-state index contributed by atoms with van der Waals surface area (Å²) < 4.78 is 28.6. The number of aliphatic hydroxyl groups excluding tert-OH is 2. The third-order valence-electron chi connectivity index (χ3n) is 15.6. The number of hydrogen-bond acceptors (Lipinski definition) is 11. The van der Waals surface area contributed by atoms with Crippen LogP contribution in [-0.2, 0) is 42.9 Å². The molecule has 12 heteroatoms. The number of carboxylic acid groups (broad SMARTS) is 1. The molecule has 1 aliphatic rings. The highest BCUT2D eigenvalue weighted by molar-refractivity contribution is 5.74. The van der Waals surface area contributed by atoms with E-state index in [-0.39, 0.29) is 25.9 Å². The number of ether oxygens (including phenoxy) is 5. The second-order valence-electron chi connectivity index (χ2n) is 23.4. The van der Waals surface area contributed by atoms with Crippen molar-refractivity contribution < 1.29 is 58.2 Å². The second-order valence-corrected chi connectivity index (χ2v) is 23.4. The fourth-order valence-corrected chi connectivity index (χ4v) is 10.4. The van der Waals surface area contributed by atoms with Gasteiger partial charge in [-0.05, 0) is 83.5 Å². The Kier molecular flexibility index (Phi) is 54.8. The number of allylic oxidation sites excluding steroid dienone is 10. The minimum absolute atomic E-state index is 0.0608. The van der Waals surface area contributed by atoms with Gasteiger partial charge in [0.15, 0.2) is 24.6 Å². The van der Waals surface area contributed by atoms with Gasteiger partial charge in [-0.2, -0.15) is 0 Å². The molecule has 0 aliphatic carbocycles. The molecule has 1 fully saturated rings. The lowest BCUT2D eigenvalue weighted by molar-refractivity contribution is -0.301. The second kappa shape index (κ2) is 58.8. The molecule has 0 radical (unpaired) electrons. The molecule has 6 unspecified atom stereocenters. The van der Waals surface area contributed by atoms with E-state index in [2.05, 4.69) is 81.5 Å². The summed E-state index contributed by atoms with van der Waals surface area (Å²) >= 11 is 0. The Hall–Kier alpha value is -3.58. The van der Waals surface area contributed by atoms with Crippen LogP contribution in [0, 0.1) is 0 Å². The number of hydrogen-bond donors (Lipinski definition) is 3. The van der Waals surface area contributed by atoms with Crippen molar-refractivity contribution in [3.8, 4) is 0 Å². The number of esters is 3. The highest BCUT2D eigenvalue weighted by atomic mass is 16.7. The first-order valence-electron chi connectivity index (χ1n) is 34.3. The monoisotopic (exact) mass is 1170 g/mol. The first-order chi connectivity index (χ1) is 40.6. The Balaban J connectivity index is 2.65. The molecule has 0 aromatic heterocycles. The van der Waals surface area contributed by atoms with Crippen LogP contribution in [0.15, 0.2) is 60.8 Å². The lowest BCUT2D eigenvalue weighted by Gasteiger charge is -2.40. The van der Waals surface area contributed by atoms with Crippen LogP contribution in [0.25, 0.3) is 0 Å². The van der Waals surface area contributed by atoms with Crippen LogP contribution in [0.2, 0.25) is 0 Å². The van der Waals surface area contributed by atoms with Gasteiger partial charge in [0.25, 0.3) is 0 Å². The van der Waals surface area contributed by atoms with Gasteiger partial charge in [-0.1, -0.05) is 274 Å². The molecular weight excluding hydrogens is 1040 g/mol. The van der Waals surface area contributed by atoms with Gasteiger partial charge in [0.2, 0.25) is 0 Å². The fraction of sp³-hybridized carbons (Fsp3) is 0.803. The lowest BCUT2D eigenvalue weighted by atomic mass is 9.98. The van der Waals surface area contributed by atoms with Crippen LogP contribution in [0.1, 0.15) is 316 Å². The van der Waals surface area contributed by atoms with Gasteiger partial charge in [-0.3, -0.25) is 14.4 Å². The molecule has 1 rings (SSSR count). The quantitative estimate of drug-likeness (QED) is 0.0228. The molecule has 6 atom stereocenters. The molecule has 480 valence electrons. The van der Waals surface area contributed by atoms with Crippen molar-refractivity contribution in [3.63, 3.8) is 0 Å². The summed E-state index contributed by atoms with van der Waals surface area (Å²) in [6.45, 7) is 5.91. The molecule has 0 bridgehead atoms. The molecule has 0 amide bonds. The van der Waals surface area contributed by atoms with Gasteiger partial charge in [0, 0.05) is 19.3 Å². The van der Waals surface area contributed by atoms with Gasteiger partial charge in [0.1, 0.15) is 18.8 Å². The largest absolute Gasteiger partial charge is 0.479 e. The average molecular weight is 1170 g/mol. The predicted molar refractivity (Wildman–Crippen MR) is 340 cm³/mol. The normalized spacial score (nSPS) is 17.9. The number of aliphatic carboxylic acids is 1. The Morgan fingerprint density at radius 2 is 0.759 bits per heavy atom. The summed E-state index contributed by atoms with van der Waals surface area (Å²) in [6.07, 6.45) is 61.7. The van der Waals surface area contributed by atoms with E-state index < -0.39 is 67.3 Å². The Morgan fingerprint density at radius 3 is 1.17 bits per heavy atom. The molecule has 0 spiro atoms. The van der Waals surface area contributed by atoms with Crippen molar-refractivity contribution in [2.24, 2.45) is 0 Å². The maximum Gasteiger partial charge on any atom is 0.335 e. The number of rotatable bonds is 59. The zero-order valence-electron chi connectivity index (χ0n) is 53.2. The van der Waals surface area contributed by atoms with Crippen molar-refractivity contribution in [1.29, 1.82) is 0 Å². The maximum absolute atomic E-state index is 13.2. The third-order valence-corrected chi connectivity index (χ3v) is 15.6. The molecule has 1 aliphatic heterocycles.